The molecule has 1 aliphatic heterocycles. The highest BCUT2D eigenvalue weighted by atomic mass is 32.1. The van der Waals surface area contributed by atoms with E-state index in [2.05, 4.69) is 29.3 Å². The van der Waals surface area contributed by atoms with Gasteiger partial charge in [0.05, 0.1) is 38.9 Å². The average molecular weight is 375 g/mol. The third kappa shape index (κ3) is 4.71. The molecule has 0 spiro atoms. The van der Waals surface area contributed by atoms with Crippen LogP contribution in [0.3, 0.4) is 0 Å². The van der Waals surface area contributed by atoms with Crippen molar-refractivity contribution >= 4 is 23.0 Å². The Labute approximate surface area is 159 Å². The van der Waals surface area contributed by atoms with Gasteiger partial charge in [-0.25, -0.2) is 4.39 Å². The van der Waals surface area contributed by atoms with Gasteiger partial charge in [0.15, 0.2) is 5.11 Å². The summed E-state index contributed by atoms with van der Waals surface area (Å²) >= 11 is 5.55. The van der Waals surface area contributed by atoms with Gasteiger partial charge in [-0.2, -0.15) is 0 Å². The number of rotatable bonds is 4. The fourth-order valence-corrected chi connectivity index (χ4v) is 3.50. The van der Waals surface area contributed by atoms with Crippen molar-refractivity contribution in [3.05, 3.63) is 59.4 Å². The zero-order chi connectivity index (χ0) is 18.5. The molecule has 26 heavy (non-hydrogen) atoms. The van der Waals surface area contributed by atoms with Crippen molar-refractivity contribution in [2.75, 3.05) is 38.6 Å². The van der Waals surface area contributed by atoms with Gasteiger partial charge in [0.2, 0.25) is 0 Å². The summed E-state index contributed by atoms with van der Waals surface area (Å²) in [5.74, 6) is 0.528. The van der Waals surface area contributed by atoms with E-state index >= 15 is 0 Å². The van der Waals surface area contributed by atoms with E-state index in [0.29, 0.717) is 0 Å². The normalized spacial score (nSPS) is 15.0. The molecule has 0 aromatic heterocycles. The molecule has 3 rings (SSSR count). The van der Waals surface area contributed by atoms with Crippen molar-refractivity contribution in [1.29, 1.82) is 0 Å². The zero-order valence-electron chi connectivity index (χ0n) is 15.2. The van der Waals surface area contributed by atoms with Crippen molar-refractivity contribution in [3.63, 3.8) is 0 Å². The van der Waals surface area contributed by atoms with Crippen LogP contribution in [0.2, 0.25) is 0 Å². The van der Waals surface area contributed by atoms with E-state index in [0.717, 1.165) is 54.8 Å². The van der Waals surface area contributed by atoms with Gasteiger partial charge in [0.1, 0.15) is 18.1 Å². The fourth-order valence-electron chi connectivity index (χ4n) is 3.20. The van der Waals surface area contributed by atoms with Crippen molar-refractivity contribution in [2.45, 2.75) is 13.5 Å². The SMILES string of the molecule is COc1ccc(F)cc1C[NH+]1CCN(C(=S)Nc2ccc(C)cc2)CC1. The van der Waals surface area contributed by atoms with Crippen molar-refractivity contribution in [1.82, 2.24) is 4.90 Å². The third-order valence-electron chi connectivity index (χ3n) is 4.74. The lowest BCUT2D eigenvalue weighted by molar-refractivity contribution is -0.917. The Hall–Kier alpha value is -2.18. The van der Waals surface area contributed by atoms with Crippen LogP contribution in [0.4, 0.5) is 10.1 Å². The fraction of sp³-hybridized carbons (Fsp3) is 0.350. The Balaban J connectivity index is 1.53. The van der Waals surface area contributed by atoms with Crippen LogP contribution in [0.1, 0.15) is 11.1 Å². The monoisotopic (exact) mass is 374 g/mol. The number of thiocarbonyl (C=S) groups is 1. The summed E-state index contributed by atoms with van der Waals surface area (Å²) in [7, 11) is 1.62. The van der Waals surface area contributed by atoms with Crippen molar-refractivity contribution < 1.29 is 14.0 Å². The minimum absolute atomic E-state index is 0.220. The van der Waals surface area contributed by atoms with E-state index in [4.69, 9.17) is 17.0 Å². The minimum atomic E-state index is -0.220. The van der Waals surface area contributed by atoms with Gasteiger partial charge in [0, 0.05) is 5.69 Å². The number of anilines is 1. The molecule has 0 saturated carbocycles. The smallest absolute Gasteiger partial charge is 0.173 e. The highest BCUT2D eigenvalue weighted by molar-refractivity contribution is 7.80. The second-order valence-electron chi connectivity index (χ2n) is 6.67. The predicted octanol–water partition coefficient (Wildman–Crippen LogP) is 2.24. The molecule has 6 heteroatoms. The molecule has 0 aliphatic carbocycles. The van der Waals surface area contributed by atoms with Gasteiger partial charge in [-0.3, -0.25) is 0 Å². The molecule has 4 nitrogen and oxygen atoms in total. The molecule has 0 atom stereocenters. The summed E-state index contributed by atoms with van der Waals surface area (Å²) in [5.41, 5.74) is 3.16. The molecular formula is C20H25FN3OS+. The van der Waals surface area contributed by atoms with Gasteiger partial charge >= 0.3 is 0 Å². The first-order chi connectivity index (χ1) is 12.5. The van der Waals surface area contributed by atoms with Gasteiger partial charge in [-0.15, -0.1) is 0 Å². The average Bonchev–Trinajstić information content (AvgIpc) is 2.64. The Morgan fingerprint density at radius 1 is 1.19 bits per heavy atom. The highest BCUT2D eigenvalue weighted by Gasteiger charge is 2.23. The molecular weight excluding hydrogens is 349 g/mol. The maximum Gasteiger partial charge on any atom is 0.173 e. The van der Waals surface area contributed by atoms with Gasteiger partial charge < -0.3 is 19.9 Å². The molecule has 2 aromatic carbocycles. The van der Waals surface area contributed by atoms with Crippen LogP contribution in [-0.4, -0.2) is 43.3 Å². The van der Waals surface area contributed by atoms with E-state index in [1.807, 2.05) is 12.1 Å². The number of benzene rings is 2. The molecule has 0 radical (unpaired) electrons. The molecule has 1 heterocycles. The summed E-state index contributed by atoms with van der Waals surface area (Å²) in [6, 6.07) is 12.9. The largest absolute Gasteiger partial charge is 0.496 e. The lowest BCUT2D eigenvalue weighted by Gasteiger charge is -2.34. The van der Waals surface area contributed by atoms with Crippen LogP contribution < -0.4 is 15.0 Å². The maximum atomic E-state index is 13.5. The summed E-state index contributed by atoms with van der Waals surface area (Å²) in [5, 5.41) is 4.07. The van der Waals surface area contributed by atoms with Crippen molar-refractivity contribution in [2.24, 2.45) is 0 Å². The molecule has 2 N–H and O–H groups in total. The number of halogens is 1. The van der Waals surface area contributed by atoms with Crippen LogP contribution >= 0.6 is 12.2 Å². The van der Waals surface area contributed by atoms with Gasteiger partial charge in [0.25, 0.3) is 0 Å². The number of hydrogen-bond donors (Lipinski definition) is 2. The van der Waals surface area contributed by atoms with E-state index in [1.54, 1.807) is 19.2 Å². The molecule has 0 bridgehead atoms. The molecule has 1 aliphatic rings. The Kier molecular flexibility index (Phi) is 6.06. The Morgan fingerprint density at radius 3 is 2.54 bits per heavy atom. The summed E-state index contributed by atoms with van der Waals surface area (Å²) in [6.45, 7) is 6.49. The van der Waals surface area contributed by atoms with Gasteiger partial charge in [-0.05, 0) is 49.5 Å². The molecule has 138 valence electrons. The van der Waals surface area contributed by atoms with Crippen LogP contribution in [0.25, 0.3) is 0 Å². The number of piperazine rings is 1. The lowest BCUT2D eigenvalue weighted by Crippen LogP contribution is -3.13. The first-order valence-electron chi connectivity index (χ1n) is 8.84. The Bertz CT molecular complexity index is 758. The van der Waals surface area contributed by atoms with E-state index in [-0.39, 0.29) is 5.82 Å². The van der Waals surface area contributed by atoms with Crippen molar-refractivity contribution in [3.8, 4) is 5.75 Å². The van der Waals surface area contributed by atoms with E-state index < -0.39 is 0 Å². The molecule has 1 fully saturated rings. The number of hydrogen-bond acceptors (Lipinski definition) is 2. The van der Waals surface area contributed by atoms with E-state index in [1.165, 1.54) is 16.5 Å². The van der Waals surface area contributed by atoms with Gasteiger partial charge in [-0.1, -0.05) is 17.7 Å². The summed E-state index contributed by atoms with van der Waals surface area (Å²) < 4.78 is 18.9. The number of nitrogens with zero attached hydrogens (tertiary/aromatic N) is 1. The van der Waals surface area contributed by atoms with Crippen LogP contribution in [-0.2, 0) is 6.54 Å². The Morgan fingerprint density at radius 2 is 1.88 bits per heavy atom. The first-order valence-corrected chi connectivity index (χ1v) is 9.24. The third-order valence-corrected chi connectivity index (χ3v) is 5.10. The minimum Gasteiger partial charge on any atom is -0.496 e. The number of ether oxygens (including phenoxy) is 1. The highest BCUT2D eigenvalue weighted by Crippen LogP contribution is 2.18. The van der Waals surface area contributed by atoms with Crippen LogP contribution in [0.5, 0.6) is 5.75 Å². The zero-order valence-corrected chi connectivity index (χ0v) is 16.0. The first kappa shape index (κ1) is 18.6. The number of aryl methyl sites for hydroxylation is 1. The summed E-state index contributed by atoms with van der Waals surface area (Å²) in [6.07, 6.45) is 0. The quantitative estimate of drug-likeness (QED) is 0.804. The standard InChI is InChI=1S/C20H24FN3OS/c1-15-3-6-18(7-4-15)22-20(26)24-11-9-23(10-12-24)14-16-13-17(21)5-8-19(16)25-2/h3-8,13H,9-12,14H2,1-2H3,(H,22,26)/p+1. The molecule has 0 unspecified atom stereocenters. The molecule has 2 aromatic rings. The second kappa shape index (κ2) is 8.47. The van der Waals surface area contributed by atoms with Crippen LogP contribution in [0, 0.1) is 12.7 Å². The number of quaternary nitrogens is 1. The lowest BCUT2D eigenvalue weighted by atomic mass is 10.1. The predicted molar refractivity (Wildman–Crippen MR) is 106 cm³/mol. The number of methoxy groups -OCH3 is 1. The maximum absolute atomic E-state index is 13.5. The van der Waals surface area contributed by atoms with Crippen LogP contribution in [0.15, 0.2) is 42.5 Å². The number of nitrogens with one attached hydrogen (secondary N) is 2. The second-order valence-corrected chi connectivity index (χ2v) is 7.05. The van der Waals surface area contributed by atoms with E-state index in [9.17, 15) is 4.39 Å². The molecule has 1 saturated heterocycles. The summed E-state index contributed by atoms with van der Waals surface area (Å²) in [4.78, 5) is 3.60. The molecule has 0 amide bonds. The topological polar surface area (TPSA) is 28.9 Å².